The molecule has 0 saturated carbocycles. The van der Waals surface area contributed by atoms with E-state index in [1.165, 1.54) is 0 Å². The van der Waals surface area contributed by atoms with Gasteiger partial charge >= 0.3 is 8.80 Å². The van der Waals surface area contributed by atoms with E-state index in [-0.39, 0.29) is 0 Å². The third-order valence-electron chi connectivity index (χ3n) is 7.56. The summed E-state index contributed by atoms with van der Waals surface area (Å²) in [5.41, 5.74) is 0. The molecule has 0 aliphatic carbocycles. The predicted octanol–water partition coefficient (Wildman–Crippen LogP) is 8.31. The van der Waals surface area contributed by atoms with Crippen molar-refractivity contribution in [3.05, 3.63) is 0 Å². The summed E-state index contributed by atoms with van der Waals surface area (Å²) in [5.74, 6) is 0.877. The lowest BCUT2D eigenvalue weighted by Crippen LogP contribution is -2.64. The molecule has 0 aromatic rings. The van der Waals surface area contributed by atoms with Gasteiger partial charge in [-0.25, -0.2) is 0 Å². The molecule has 176 valence electrons. The van der Waals surface area contributed by atoms with Crippen molar-refractivity contribution in [3.63, 3.8) is 0 Å². The van der Waals surface area contributed by atoms with E-state index in [1.807, 2.05) is 0 Å². The first-order valence-corrected chi connectivity index (χ1v) is 22.6. The Kier molecular flexibility index (Phi) is 14.8. The summed E-state index contributed by atoms with van der Waals surface area (Å²) in [7, 11) is -8.32. The molecule has 0 radical (unpaired) electrons. The average Bonchev–Trinajstić information content (AvgIpc) is 2.78. The molecule has 0 rings (SSSR count). The second-order valence-corrected chi connectivity index (χ2v) is 26.8. The third-order valence-corrected chi connectivity index (χ3v) is 29.4. The minimum Gasteiger partial charge on any atom is -0.416 e. The Labute approximate surface area is 193 Å². The van der Waals surface area contributed by atoms with Crippen LogP contribution in [0.25, 0.3) is 0 Å². The van der Waals surface area contributed by atoms with Crippen molar-refractivity contribution >= 4 is 46.4 Å². The average molecular weight is 497 g/mol. The maximum absolute atomic E-state index is 7.37. The van der Waals surface area contributed by atoms with Crippen molar-refractivity contribution in [3.8, 4) is 0 Å². The van der Waals surface area contributed by atoms with Crippen molar-refractivity contribution in [1.82, 2.24) is 0 Å². The van der Waals surface area contributed by atoms with E-state index < -0.39 is 33.8 Å². The highest BCUT2D eigenvalue weighted by Gasteiger charge is 2.54. The standard InChI is InChI=1S/C21H52O3SSi4/c1-10-26(11-2,12-3)22-29(21-19-20-25,23-27(13-4,14-5)15-6)24-28(16-7,17-8)18-9/h25H,10-21H2,1-9H3. The fourth-order valence-electron chi connectivity index (χ4n) is 4.40. The summed E-state index contributed by atoms with van der Waals surface area (Å²) in [6.07, 6.45) is 1.03. The molecule has 0 saturated heterocycles. The summed E-state index contributed by atoms with van der Waals surface area (Å²) >= 11 is 4.56. The molecule has 0 amide bonds. The zero-order chi connectivity index (χ0) is 22.6. The Morgan fingerprint density at radius 2 is 0.724 bits per heavy atom. The van der Waals surface area contributed by atoms with E-state index in [1.54, 1.807) is 0 Å². The van der Waals surface area contributed by atoms with Gasteiger partial charge in [0, 0.05) is 6.04 Å². The lowest BCUT2D eigenvalue weighted by molar-refractivity contribution is 0.239. The molecule has 0 spiro atoms. The van der Waals surface area contributed by atoms with Crippen LogP contribution in [-0.4, -0.2) is 39.5 Å². The van der Waals surface area contributed by atoms with Crippen molar-refractivity contribution < 1.29 is 12.3 Å². The molecule has 0 heterocycles. The van der Waals surface area contributed by atoms with Gasteiger partial charge in [0.15, 0.2) is 25.0 Å². The number of thiol groups is 1. The third kappa shape index (κ3) is 8.18. The highest BCUT2D eigenvalue weighted by molar-refractivity contribution is 7.80. The summed E-state index contributed by atoms with van der Waals surface area (Å²) in [6, 6.07) is 11.3. The Bertz CT molecular complexity index is 348. The van der Waals surface area contributed by atoms with Gasteiger partial charge in [0.1, 0.15) is 0 Å². The highest BCUT2D eigenvalue weighted by Crippen LogP contribution is 2.39. The largest absolute Gasteiger partial charge is 0.469 e. The molecule has 0 N–H and O–H groups in total. The molecule has 0 aromatic carbocycles. The van der Waals surface area contributed by atoms with Crippen LogP contribution in [-0.2, 0) is 12.3 Å². The van der Waals surface area contributed by atoms with Gasteiger partial charge in [0.05, 0.1) is 0 Å². The van der Waals surface area contributed by atoms with Gasteiger partial charge < -0.3 is 12.3 Å². The first-order chi connectivity index (χ1) is 13.7. The van der Waals surface area contributed by atoms with Gasteiger partial charge in [-0.15, -0.1) is 0 Å². The van der Waals surface area contributed by atoms with Crippen molar-refractivity contribution in [2.75, 3.05) is 5.75 Å². The molecule has 0 bridgehead atoms. The van der Waals surface area contributed by atoms with E-state index in [0.717, 1.165) is 72.6 Å². The molecular formula is C21H52O3SSi4. The minimum absolute atomic E-state index is 0.877. The SMILES string of the molecule is CC[Si](CC)(CC)O[Si](CCCS)(O[Si](CC)(CC)CC)O[Si](CC)(CC)CC. The number of hydrogen-bond donors (Lipinski definition) is 1. The summed E-state index contributed by atoms with van der Waals surface area (Å²) in [5, 5.41) is 0. The monoisotopic (exact) mass is 496 g/mol. The van der Waals surface area contributed by atoms with E-state index in [0.29, 0.717) is 0 Å². The summed E-state index contributed by atoms with van der Waals surface area (Å²) in [4.78, 5) is 0. The van der Waals surface area contributed by atoms with E-state index in [2.05, 4.69) is 74.9 Å². The van der Waals surface area contributed by atoms with Gasteiger partial charge in [-0.05, 0) is 66.6 Å². The van der Waals surface area contributed by atoms with E-state index in [4.69, 9.17) is 12.3 Å². The van der Waals surface area contributed by atoms with Gasteiger partial charge in [-0.2, -0.15) is 12.6 Å². The fraction of sp³-hybridized carbons (Fsp3) is 1.00. The normalized spacial score (nSPS) is 13.9. The molecule has 3 nitrogen and oxygen atoms in total. The molecule has 0 atom stereocenters. The molecule has 0 fully saturated rings. The van der Waals surface area contributed by atoms with Crippen LogP contribution < -0.4 is 0 Å². The Morgan fingerprint density at radius 3 is 0.897 bits per heavy atom. The topological polar surface area (TPSA) is 27.7 Å². The molecule has 0 aliphatic rings. The van der Waals surface area contributed by atoms with Crippen LogP contribution >= 0.6 is 12.6 Å². The predicted molar refractivity (Wildman–Crippen MR) is 144 cm³/mol. The lowest BCUT2D eigenvalue weighted by atomic mass is 10.6. The second kappa shape index (κ2) is 14.3. The van der Waals surface area contributed by atoms with E-state index in [9.17, 15) is 0 Å². The molecule has 0 unspecified atom stereocenters. The van der Waals surface area contributed by atoms with Gasteiger partial charge in [-0.1, -0.05) is 62.3 Å². The van der Waals surface area contributed by atoms with Crippen molar-refractivity contribution in [2.24, 2.45) is 0 Å². The number of rotatable bonds is 18. The first kappa shape index (κ1) is 30.1. The summed E-state index contributed by atoms with van der Waals surface area (Å²) < 4.78 is 22.1. The second-order valence-electron chi connectivity index (χ2n) is 8.55. The van der Waals surface area contributed by atoms with Crippen LogP contribution in [0.1, 0.15) is 68.7 Å². The summed E-state index contributed by atoms with van der Waals surface area (Å²) in [6.45, 7) is 20.9. The zero-order valence-corrected chi connectivity index (χ0v) is 26.1. The molecule has 29 heavy (non-hydrogen) atoms. The Hall–Kier alpha value is 1.10. The van der Waals surface area contributed by atoms with Crippen molar-refractivity contribution in [1.29, 1.82) is 0 Å². The molecular weight excluding hydrogens is 445 g/mol. The smallest absolute Gasteiger partial charge is 0.416 e. The van der Waals surface area contributed by atoms with Crippen molar-refractivity contribution in [2.45, 2.75) is 129 Å². The van der Waals surface area contributed by atoms with Gasteiger partial charge in [0.25, 0.3) is 0 Å². The van der Waals surface area contributed by atoms with Crippen LogP contribution in [0.15, 0.2) is 0 Å². The van der Waals surface area contributed by atoms with Crippen LogP contribution in [0.5, 0.6) is 0 Å². The molecule has 8 heteroatoms. The zero-order valence-electron chi connectivity index (χ0n) is 21.2. The number of hydrogen-bond acceptors (Lipinski definition) is 4. The highest BCUT2D eigenvalue weighted by atomic mass is 32.1. The van der Waals surface area contributed by atoms with Gasteiger partial charge in [-0.3, -0.25) is 0 Å². The van der Waals surface area contributed by atoms with Crippen LogP contribution in [0.4, 0.5) is 0 Å². The molecule has 0 aliphatic heterocycles. The maximum Gasteiger partial charge on any atom is 0.469 e. The Balaban J connectivity index is 6.47. The minimum atomic E-state index is -2.78. The molecule has 0 aromatic heterocycles. The van der Waals surface area contributed by atoms with Gasteiger partial charge in [0.2, 0.25) is 0 Å². The Morgan fingerprint density at radius 1 is 0.483 bits per heavy atom. The van der Waals surface area contributed by atoms with Crippen LogP contribution in [0, 0.1) is 0 Å². The maximum atomic E-state index is 7.37. The van der Waals surface area contributed by atoms with E-state index >= 15 is 0 Å². The quantitative estimate of drug-likeness (QED) is 0.153. The van der Waals surface area contributed by atoms with Crippen LogP contribution in [0.2, 0.25) is 60.4 Å². The lowest BCUT2D eigenvalue weighted by Gasteiger charge is -2.48. The van der Waals surface area contributed by atoms with Crippen LogP contribution in [0.3, 0.4) is 0 Å². The fourth-order valence-corrected chi connectivity index (χ4v) is 25.9. The first-order valence-electron chi connectivity index (χ1n) is 12.4.